The van der Waals surface area contributed by atoms with E-state index in [2.05, 4.69) is 13.8 Å². The van der Waals surface area contributed by atoms with Gasteiger partial charge in [0.05, 0.1) is 16.9 Å². The van der Waals surface area contributed by atoms with Gasteiger partial charge in [-0.3, -0.25) is 4.21 Å². The first-order valence-corrected chi connectivity index (χ1v) is 6.43. The van der Waals surface area contributed by atoms with E-state index in [9.17, 15) is 4.21 Å². The molecule has 15 heavy (non-hydrogen) atoms. The Labute approximate surface area is 93.1 Å². The summed E-state index contributed by atoms with van der Waals surface area (Å²) in [6.45, 7) is 6.21. The van der Waals surface area contributed by atoms with Gasteiger partial charge in [-0.25, -0.2) is 0 Å². The SMILES string of the molecule is Cc1ccc([S@](=O)[C@H]2O[C@H]2C(C)C)cc1. The molecule has 0 spiro atoms. The lowest BCUT2D eigenvalue weighted by Crippen LogP contribution is -2.07. The molecule has 0 amide bonds. The second-order valence-electron chi connectivity index (χ2n) is 4.32. The van der Waals surface area contributed by atoms with Crippen LogP contribution in [-0.4, -0.2) is 15.7 Å². The summed E-state index contributed by atoms with van der Waals surface area (Å²) in [6, 6.07) is 7.81. The highest BCUT2D eigenvalue weighted by molar-refractivity contribution is 7.85. The molecule has 0 unspecified atom stereocenters. The van der Waals surface area contributed by atoms with Crippen molar-refractivity contribution in [3.05, 3.63) is 29.8 Å². The van der Waals surface area contributed by atoms with Crippen molar-refractivity contribution in [1.29, 1.82) is 0 Å². The summed E-state index contributed by atoms with van der Waals surface area (Å²) in [7, 11) is -1.01. The molecular formula is C12H16O2S. The maximum atomic E-state index is 12.0. The van der Waals surface area contributed by atoms with Crippen LogP contribution >= 0.6 is 0 Å². The molecule has 1 aromatic rings. The molecular weight excluding hydrogens is 208 g/mol. The number of aryl methyl sites for hydroxylation is 1. The lowest BCUT2D eigenvalue weighted by Gasteiger charge is -2.00. The minimum Gasteiger partial charge on any atom is -0.355 e. The molecule has 3 atom stereocenters. The Morgan fingerprint density at radius 3 is 2.33 bits per heavy atom. The topological polar surface area (TPSA) is 29.6 Å². The Balaban J connectivity index is 2.07. The van der Waals surface area contributed by atoms with Gasteiger partial charge >= 0.3 is 0 Å². The van der Waals surface area contributed by atoms with Crippen molar-refractivity contribution in [2.24, 2.45) is 5.92 Å². The van der Waals surface area contributed by atoms with E-state index in [0.29, 0.717) is 5.92 Å². The average molecular weight is 224 g/mol. The average Bonchev–Trinajstić information content (AvgIpc) is 2.97. The predicted molar refractivity (Wildman–Crippen MR) is 61.1 cm³/mol. The smallest absolute Gasteiger partial charge is 0.163 e. The third kappa shape index (κ3) is 2.29. The van der Waals surface area contributed by atoms with E-state index in [4.69, 9.17) is 4.74 Å². The van der Waals surface area contributed by atoms with Crippen LogP contribution in [0.3, 0.4) is 0 Å². The minimum absolute atomic E-state index is 0.0901. The number of benzene rings is 1. The van der Waals surface area contributed by atoms with Crippen molar-refractivity contribution in [3.8, 4) is 0 Å². The second-order valence-corrected chi connectivity index (χ2v) is 5.85. The summed E-state index contributed by atoms with van der Waals surface area (Å²) < 4.78 is 17.4. The van der Waals surface area contributed by atoms with E-state index >= 15 is 0 Å². The van der Waals surface area contributed by atoms with Crippen LogP contribution in [0.2, 0.25) is 0 Å². The van der Waals surface area contributed by atoms with Crippen LogP contribution < -0.4 is 0 Å². The Bertz CT molecular complexity index is 370. The van der Waals surface area contributed by atoms with E-state index in [0.717, 1.165) is 4.90 Å². The molecule has 0 saturated carbocycles. The molecule has 2 rings (SSSR count). The quantitative estimate of drug-likeness (QED) is 0.738. The minimum atomic E-state index is -1.01. The molecule has 0 radical (unpaired) electrons. The van der Waals surface area contributed by atoms with Crippen LogP contribution in [0, 0.1) is 12.8 Å². The fourth-order valence-electron chi connectivity index (χ4n) is 1.56. The number of epoxide rings is 1. The van der Waals surface area contributed by atoms with Crippen LogP contribution in [-0.2, 0) is 15.5 Å². The van der Waals surface area contributed by atoms with E-state index < -0.39 is 10.8 Å². The zero-order chi connectivity index (χ0) is 11.0. The maximum absolute atomic E-state index is 12.0. The second kappa shape index (κ2) is 4.06. The molecule has 0 aliphatic carbocycles. The van der Waals surface area contributed by atoms with E-state index in [1.165, 1.54) is 5.56 Å². The Hall–Kier alpha value is -0.670. The third-order valence-corrected chi connectivity index (χ3v) is 4.14. The Morgan fingerprint density at radius 1 is 1.27 bits per heavy atom. The maximum Gasteiger partial charge on any atom is 0.163 e. The summed E-state index contributed by atoms with van der Waals surface area (Å²) in [6.07, 6.45) is 0.173. The first kappa shape index (κ1) is 10.8. The molecule has 0 bridgehead atoms. The van der Waals surface area contributed by atoms with Gasteiger partial charge in [0.15, 0.2) is 5.44 Å². The number of ether oxygens (including phenoxy) is 1. The monoisotopic (exact) mass is 224 g/mol. The van der Waals surface area contributed by atoms with Gasteiger partial charge in [-0.1, -0.05) is 31.5 Å². The van der Waals surface area contributed by atoms with Crippen molar-refractivity contribution >= 4 is 10.8 Å². The molecule has 2 nitrogen and oxygen atoms in total. The number of rotatable bonds is 3. The molecule has 0 aromatic heterocycles. The summed E-state index contributed by atoms with van der Waals surface area (Å²) in [5.41, 5.74) is 1.10. The van der Waals surface area contributed by atoms with Crippen molar-refractivity contribution in [2.45, 2.75) is 37.2 Å². The standard InChI is InChI=1S/C12H16O2S/c1-8(2)11-12(14-11)15(13)10-6-4-9(3)5-7-10/h4-8,11-12H,1-3H3/t11-,12+,15-/m0/s1. The van der Waals surface area contributed by atoms with Gasteiger partial charge < -0.3 is 4.74 Å². The molecule has 1 fully saturated rings. The molecule has 1 aliphatic heterocycles. The van der Waals surface area contributed by atoms with E-state index in [1.54, 1.807) is 0 Å². The summed E-state index contributed by atoms with van der Waals surface area (Å²) in [5, 5.41) is 0. The van der Waals surface area contributed by atoms with Gasteiger partial charge in [-0.05, 0) is 25.0 Å². The molecule has 1 heterocycles. The first-order chi connectivity index (χ1) is 7.09. The molecule has 82 valence electrons. The fourth-order valence-corrected chi connectivity index (χ4v) is 3.02. The van der Waals surface area contributed by atoms with Crippen LogP contribution in [0.5, 0.6) is 0 Å². The zero-order valence-electron chi connectivity index (χ0n) is 9.27. The van der Waals surface area contributed by atoms with Crippen molar-refractivity contribution in [1.82, 2.24) is 0 Å². The number of hydrogen-bond donors (Lipinski definition) is 0. The van der Waals surface area contributed by atoms with Crippen LogP contribution in [0.4, 0.5) is 0 Å². The largest absolute Gasteiger partial charge is 0.355 e. The zero-order valence-corrected chi connectivity index (χ0v) is 10.1. The summed E-state index contributed by atoms with van der Waals surface area (Å²) in [5.74, 6) is 0.449. The Morgan fingerprint density at radius 2 is 1.87 bits per heavy atom. The van der Waals surface area contributed by atoms with Crippen LogP contribution in [0.1, 0.15) is 19.4 Å². The van der Waals surface area contributed by atoms with Gasteiger partial charge in [0.1, 0.15) is 0 Å². The highest BCUT2D eigenvalue weighted by atomic mass is 32.2. The van der Waals surface area contributed by atoms with Gasteiger partial charge in [0, 0.05) is 4.90 Å². The summed E-state index contributed by atoms with van der Waals surface area (Å²) in [4.78, 5) is 0.869. The molecule has 1 aliphatic rings. The molecule has 1 aromatic carbocycles. The Kier molecular flexibility index (Phi) is 2.94. The lowest BCUT2D eigenvalue weighted by molar-refractivity contribution is 0.350. The van der Waals surface area contributed by atoms with Crippen molar-refractivity contribution in [2.75, 3.05) is 0 Å². The van der Waals surface area contributed by atoms with Gasteiger partial charge in [-0.2, -0.15) is 0 Å². The highest BCUT2D eigenvalue weighted by Gasteiger charge is 2.46. The third-order valence-electron chi connectivity index (χ3n) is 2.60. The number of hydrogen-bond acceptors (Lipinski definition) is 2. The van der Waals surface area contributed by atoms with Crippen molar-refractivity contribution in [3.63, 3.8) is 0 Å². The highest BCUT2D eigenvalue weighted by Crippen LogP contribution is 2.34. The van der Waals surface area contributed by atoms with Crippen LogP contribution in [0.15, 0.2) is 29.2 Å². The summed E-state index contributed by atoms with van der Waals surface area (Å²) >= 11 is 0. The molecule has 1 saturated heterocycles. The van der Waals surface area contributed by atoms with Gasteiger partial charge in [0.25, 0.3) is 0 Å². The van der Waals surface area contributed by atoms with Crippen molar-refractivity contribution < 1.29 is 8.95 Å². The lowest BCUT2D eigenvalue weighted by atomic mass is 10.2. The van der Waals surface area contributed by atoms with Gasteiger partial charge in [-0.15, -0.1) is 0 Å². The van der Waals surface area contributed by atoms with E-state index in [-0.39, 0.29) is 11.5 Å². The van der Waals surface area contributed by atoms with Gasteiger partial charge in [0.2, 0.25) is 0 Å². The van der Waals surface area contributed by atoms with E-state index in [1.807, 2.05) is 31.2 Å². The fraction of sp³-hybridized carbons (Fsp3) is 0.500. The van der Waals surface area contributed by atoms with Crippen LogP contribution in [0.25, 0.3) is 0 Å². The first-order valence-electron chi connectivity index (χ1n) is 5.22. The molecule has 0 N–H and O–H groups in total. The predicted octanol–water partition coefficient (Wildman–Crippen LogP) is 2.48. The molecule has 3 heteroatoms. The normalized spacial score (nSPS) is 26.7.